The zero-order valence-corrected chi connectivity index (χ0v) is 10.7. The molecule has 0 heterocycles. The molecule has 0 atom stereocenters. The van der Waals surface area contributed by atoms with E-state index in [1.54, 1.807) is 5.01 Å². The number of nitrogens with two attached hydrogens (primary N) is 1. The molecule has 1 aliphatic carbocycles. The number of hydrogen-bond acceptors (Lipinski definition) is 3. The Labute approximate surface area is 104 Å². The molecule has 0 unspecified atom stereocenters. The molecule has 17 heavy (non-hydrogen) atoms. The monoisotopic (exact) mass is 231 g/mol. The molecular formula is C14H21N3. The number of rotatable bonds is 5. The molecule has 0 spiro atoms. The van der Waals surface area contributed by atoms with Crippen molar-refractivity contribution in [1.82, 2.24) is 5.01 Å². The zero-order valence-electron chi connectivity index (χ0n) is 10.7. The highest BCUT2D eigenvalue weighted by molar-refractivity contribution is 5.45. The highest BCUT2D eigenvalue weighted by atomic mass is 15.4. The topological polar surface area (TPSA) is 41.6 Å². The lowest BCUT2D eigenvalue weighted by atomic mass is 10.0. The van der Waals surface area contributed by atoms with Gasteiger partial charge in [-0.25, -0.2) is 5.84 Å². The standard InChI is InChI=1S/C14H21N3/c1-4-11-17(15)14(13(5-2)16-3)12-9-7-6-8-10-12/h5-9H,3-4,10-11,15H2,1-2H3/b13-5+,14-12+. The van der Waals surface area contributed by atoms with Crippen LogP contribution in [0.25, 0.3) is 0 Å². The van der Waals surface area contributed by atoms with E-state index < -0.39 is 0 Å². The third-order valence-electron chi connectivity index (χ3n) is 2.62. The van der Waals surface area contributed by atoms with Crippen LogP contribution in [-0.2, 0) is 0 Å². The Hall–Kier alpha value is -1.61. The Morgan fingerprint density at radius 1 is 1.59 bits per heavy atom. The van der Waals surface area contributed by atoms with Crippen molar-refractivity contribution in [3.63, 3.8) is 0 Å². The maximum absolute atomic E-state index is 6.10. The van der Waals surface area contributed by atoms with E-state index in [1.807, 2.05) is 25.2 Å². The Balaban J connectivity index is 3.14. The van der Waals surface area contributed by atoms with Crippen molar-refractivity contribution in [3.8, 4) is 0 Å². The predicted octanol–water partition coefficient (Wildman–Crippen LogP) is 2.95. The summed E-state index contributed by atoms with van der Waals surface area (Å²) in [5.74, 6) is 6.10. The number of hydrazine groups is 1. The Bertz CT molecular complexity index is 386. The summed E-state index contributed by atoms with van der Waals surface area (Å²) in [5.41, 5.74) is 3.00. The lowest BCUT2D eigenvalue weighted by Crippen LogP contribution is -2.32. The van der Waals surface area contributed by atoms with Gasteiger partial charge < -0.3 is 5.01 Å². The summed E-state index contributed by atoms with van der Waals surface area (Å²) in [4.78, 5) is 4.06. The van der Waals surface area contributed by atoms with Crippen LogP contribution in [0.2, 0.25) is 0 Å². The minimum atomic E-state index is 0.809. The zero-order chi connectivity index (χ0) is 12.7. The van der Waals surface area contributed by atoms with Crippen molar-refractivity contribution >= 4 is 6.72 Å². The number of hydrogen-bond donors (Lipinski definition) is 1. The fourth-order valence-electron chi connectivity index (χ4n) is 1.84. The molecule has 0 aromatic carbocycles. The van der Waals surface area contributed by atoms with E-state index in [0.717, 1.165) is 30.8 Å². The normalized spacial score (nSPS) is 18.2. The Morgan fingerprint density at radius 2 is 2.35 bits per heavy atom. The van der Waals surface area contributed by atoms with Crippen LogP contribution in [0.1, 0.15) is 26.7 Å². The predicted molar refractivity (Wildman–Crippen MR) is 74.4 cm³/mol. The molecule has 1 aliphatic rings. The van der Waals surface area contributed by atoms with Gasteiger partial charge in [0.05, 0.1) is 11.4 Å². The van der Waals surface area contributed by atoms with Gasteiger partial charge in [0, 0.05) is 6.54 Å². The van der Waals surface area contributed by atoms with Gasteiger partial charge in [0.1, 0.15) is 0 Å². The van der Waals surface area contributed by atoms with Crippen LogP contribution in [0.3, 0.4) is 0 Å². The second-order valence-electron chi connectivity index (χ2n) is 3.89. The fraction of sp³-hybridized carbons (Fsp3) is 0.357. The van der Waals surface area contributed by atoms with Crippen molar-refractivity contribution in [1.29, 1.82) is 0 Å². The fourth-order valence-corrected chi connectivity index (χ4v) is 1.84. The molecule has 0 fully saturated rings. The highest BCUT2D eigenvalue weighted by Crippen LogP contribution is 2.24. The van der Waals surface area contributed by atoms with Crippen molar-refractivity contribution in [2.75, 3.05) is 6.54 Å². The molecule has 0 saturated carbocycles. The second-order valence-corrected chi connectivity index (χ2v) is 3.89. The van der Waals surface area contributed by atoms with Gasteiger partial charge in [-0.15, -0.1) is 0 Å². The first kappa shape index (κ1) is 13.5. The van der Waals surface area contributed by atoms with Crippen molar-refractivity contribution in [3.05, 3.63) is 47.3 Å². The van der Waals surface area contributed by atoms with Crippen molar-refractivity contribution in [2.45, 2.75) is 26.7 Å². The summed E-state index contributed by atoms with van der Waals surface area (Å²) in [6.07, 6.45) is 12.1. The molecule has 0 aliphatic heterocycles. The molecule has 0 amide bonds. The first-order valence-electron chi connectivity index (χ1n) is 5.96. The van der Waals surface area contributed by atoms with Crippen LogP contribution in [0, 0.1) is 0 Å². The maximum Gasteiger partial charge on any atom is 0.0829 e. The van der Waals surface area contributed by atoms with Crippen molar-refractivity contribution in [2.24, 2.45) is 10.8 Å². The summed E-state index contributed by atoms with van der Waals surface area (Å²) >= 11 is 0. The third kappa shape index (κ3) is 3.43. The first-order chi connectivity index (χ1) is 8.24. The number of aliphatic imine (C=N–C) groups is 1. The van der Waals surface area contributed by atoms with E-state index in [1.165, 1.54) is 5.57 Å². The van der Waals surface area contributed by atoms with Gasteiger partial charge >= 0.3 is 0 Å². The summed E-state index contributed by atoms with van der Waals surface area (Å²) in [7, 11) is 0. The third-order valence-corrected chi connectivity index (χ3v) is 2.62. The minimum Gasteiger partial charge on any atom is -0.309 e. The number of allylic oxidation sites excluding steroid dienone is 6. The summed E-state index contributed by atoms with van der Waals surface area (Å²) in [6, 6.07) is 0. The smallest absolute Gasteiger partial charge is 0.0829 e. The van der Waals surface area contributed by atoms with Gasteiger partial charge in [-0.1, -0.05) is 37.3 Å². The second kappa shape index (κ2) is 6.86. The largest absolute Gasteiger partial charge is 0.309 e. The molecule has 0 aromatic rings. The van der Waals surface area contributed by atoms with Crippen LogP contribution in [0.15, 0.2) is 52.3 Å². The van der Waals surface area contributed by atoms with Crippen LogP contribution >= 0.6 is 0 Å². The molecule has 3 nitrogen and oxygen atoms in total. The van der Waals surface area contributed by atoms with Crippen molar-refractivity contribution < 1.29 is 0 Å². The summed E-state index contributed by atoms with van der Waals surface area (Å²) < 4.78 is 0. The lowest BCUT2D eigenvalue weighted by Gasteiger charge is -2.24. The van der Waals surface area contributed by atoms with Crippen LogP contribution in [-0.4, -0.2) is 18.3 Å². The van der Waals surface area contributed by atoms with Crippen LogP contribution in [0.5, 0.6) is 0 Å². The van der Waals surface area contributed by atoms with Gasteiger partial charge in [-0.05, 0) is 32.1 Å². The quantitative estimate of drug-likeness (QED) is 0.449. The van der Waals surface area contributed by atoms with Gasteiger partial charge in [0.2, 0.25) is 0 Å². The van der Waals surface area contributed by atoms with Crippen LogP contribution in [0.4, 0.5) is 0 Å². The van der Waals surface area contributed by atoms with Gasteiger partial charge in [0.25, 0.3) is 0 Å². The van der Waals surface area contributed by atoms with Gasteiger partial charge in [-0.3, -0.25) is 4.99 Å². The van der Waals surface area contributed by atoms with E-state index in [9.17, 15) is 0 Å². The summed E-state index contributed by atoms with van der Waals surface area (Å²) in [5, 5.41) is 1.77. The SMILES string of the molecule is C=NC(=C/C)/C(=C1/C=CC=CC1)N(N)CCC. The van der Waals surface area contributed by atoms with E-state index in [0.29, 0.717) is 0 Å². The molecule has 2 N–H and O–H groups in total. The minimum absolute atomic E-state index is 0.809. The molecule has 3 heteroatoms. The van der Waals surface area contributed by atoms with E-state index >= 15 is 0 Å². The van der Waals surface area contributed by atoms with E-state index in [2.05, 4.69) is 30.8 Å². The average molecular weight is 231 g/mol. The molecular weight excluding hydrogens is 210 g/mol. The molecule has 92 valence electrons. The maximum atomic E-state index is 6.10. The van der Waals surface area contributed by atoms with Gasteiger partial charge in [-0.2, -0.15) is 0 Å². The number of nitrogens with zero attached hydrogens (tertiary/aromatic N) is 2. The van der Waals surface area contributed by atoms with E-state index in [4.69, 9.17) is 5.84 Å². The molecule has 0 radical (unpaired) electrons. The Morgan fingerprint density at radius 3 is 2.82 bits per heavy atom. The highest BCUT2D eigenvalue weighted by Gasteiger charge is 2.14. The molecule has 0 saturated heterocycles. The van der Waals surface area contributed by atoms with Crippen LogP contribution < -0.4 is 5.84 Å². The van der Waals surface area contributed by atoms with E-state index in [-0.39, 0.29) is 0 Å². The molecule has 1 rings (SSSR count). The molecule has 0 aromatic heterocycles. The average Bonchev–Trinajstić information content (AvgIpc) is 2.37. The van der Waals surface area contributed by atoms with Gasteiger partial charge in [0.15, 0.2) is 0 Å². The summed E-state index contributed by atoms with van der Waals surface area (Å²) in [6.45, 7) is 8.48. The lowest BCUT2D eigenvalue weighted by molar-refractivity contribution is 0.361. The Kier molecular flexibility index (Phi) is 5.43. The molecule has 0 bridgehead atoms. The first-order valence-corrected chi connectivity index (χ1v) is 5.96.